The number of aryl methyl sites for hydroxylation is 3. The minimum absolute atomic E-state index is 0.220. The van der Waals surface area contributed by atoms with Gasteiger partial charge in [-0.3, -0.25) is 14.3 Å². The summed E-state index contributed by atoms with van der Waals surface area (Å²) in [5.41, 5.74) is 0.581. The molecule has 0 fully saturated rings. The maximum Gasteiger partial charge on any atom is 0.328 e. The molecular weight excluding hydrogens is 234 g/mol. The predicted molar refractivity (Wildman–Crippen MR) is 65.8 cm³/mol. The Balaban J connectivity index is 2.40. The van der Waals surface area contributed by atoms with Crippen LogP contribution < -0.4 is 11.2 Å². The lowest BCUT2D eigenvalue weighted by atomic mass is 10.3. The number of H-pyrrole nitrogens is 1. The van der Waals surface area contributed by atoms with Gasteiger partial charge >= 0.3 is 5.69 Å². The first-order chi connectivity index (χ1) is 8.51. The van der Waals surface area contributed by atoms with Crippen LogP contribution in [0.1, 0.15) is 29.8 Å². The minimum atomic E-state index is -0.453. The van der Waals surface area contributed by atoms with Crippen molar-refractivity contribution in [3.05, 3.63) is 49.9 Å². The largest absolute Gasteiger partial charge is 0.444 e. The van der Waals surface area contributed by atoms with E-state index >= 15 is 0 Å². The van der Waals surface area contributed by atoms with Gasteiger partial charge in [0.2, 0.25) is 5.89 Å². The summed E-state index contributed by atoms with van der Waals surface area (Å²) in [5.74, 6) is 1.19. The highest BCUT2D eigenvalue weighted by molar-refractivity contribution is 5.07. The fraction of sp³-hybridized carbons (Fsp3) is 0.417. The average molecular weight is 249 g/mol. The zero-order valence-electron chi connectivity index (χ0n) is 10.6. The Morgan fingerprint density at radius 2 is 2.11 bits per heavy atom. The van der Waals surface area contributed by atoms with E-state index in [1.165, 1.54) is 4.57 Å². The average Bonchev–Trinajstić information content (AvgIpc) is 2.62. The van der Waals surface area contributed by atoms with E-state index < -0.39 is 5.69 Å². The Hall–Kier alpha value is -2.11. The van der Waals surface area contributed by atoms with Crippen LogP contribution in [-0.4, -0.2) is 14.5 Å². The van der Waals surface area contributed by atoms with E-state index in [0.717, 1.165) is 11.5 Å². The van der Waals surface area contributed by atoms with Gasteiger partial charge in [-0.1, -0.05) is 6.92 Å². The number of nitrogens with zero attached hydrogens (tertiary/aromatic N) is 2. The lowest BCUT2D eigenvalue weighted by Gasteiger charge is -2.03. The summed E-state index contributed by atoms with van der Waals surface area (Å²) in [6.07, 6.45) is 2.12. The van der Waals surface area contributed by atoms with Crippen molar-refractivity contribution in [3.8, 4) is 0 Å². The summed E-state index contributed by atoms with van der Waals surface area (Å²) >= 11 is 0. The van der Waals surface area contributed by atoms with E-state index in [4.69, 9.17) is 4.42 Å². The molecule has 2 aromatic heterocycles. The van der Waals surface area contributed by atoms with Crippen LogP contribution in [0.15, 0.2) is 20.2 Å². The van der Waals surface area contributed by atoms with E-state index in [1.54, 1.807) is 6.20 Å². The summed E-state index contributed by atoms with van der Waals surface area (Å²) in [7, 11) is 0. The quantitative estimate of drug-likeness (QED) is 0.870. The molecule has 6 heteroatoms. The molecule has 2 heterocycles. The van der Waals surface area contributed by atoms with Gasteiger partial charge in [0.25, 0.3) is 5.56 Å². The first-order valence-corrected chi connectivity index (χ1v) is 5.76. The van der Waals surface area contributed by atoms with Gasteiger partial charge in [-0.25, -0.2) is 9.78 Å². The van der Waals surface area contributed by atoms with Gasteiger partial charge in [0.05, 0.1) is 5.69 Å². The lowest BCUT2D eigenvalue weighted by Crippen LogP contribution is -2.31. The second-order valence-corrected chi connectivity index (χ2v) is 4.14. The maximum atomic E-state index is 11.6. The Morgan fingerprint density at radius 3 is 2.67 bits per heavy atom. The zero-order valence-corrected chi connectivity index (χ0v) is 10.6. The zero-order chi connectivity index (χ0) is 13.3. The first kappa shape index (κ1) is 12.3. The number of hydrogen-bond acceptors (Lipinski definition) is 4. The van der Waals surface area contributed by atoms with Crippen LogP contribution >= 0.6 is 0 Å². The van der Waals surface area contributed by atoms with Gasteiger partial charge in [-0.2, -0.15) is 0 Å². The van der Waals surface area contributed by atoms with Crippen molar-refractivity contribution in [3.63, 3.8) is 0 Å². The number of rotatable bonds is 3. The molecule has 2 rings (SSSR count). The number of aromatic amines is 1. The molecule has 0 saturated carbocycles. The molecule has 96 valence electrons. The second kappa shape index (κ2) is 4.64. The number of aromatic nitrogens is 3. The van der Waals surface area contributed by atoms with Crippen molar-refractivity contribution in [2.24, 2.45) is 0 Å². The molecule has 2 aromatic rings. The van der Waals surface area contributed by atoms with Gasteiger partial charge in [-0.05, 0) is 20.3 Å². The predicted octanol–water partition coefficient (Wildman–Crippen LogP) is 0.752. The van der Waals surface area contributed by atoms with Gasteiger partial charge in [0, 0.05) is 11.8 Å². The Bertz CT molecular complexity index is 659. The Morgan fingerprint density at radius 1 is 1.39 bits per heavy atom. The van der Waals surface area contributed by atoms with Crippen molar-refractivity contribution in [2.45, 2.75) is 33.7 Å². The van der Waals surface area contributed by atoms with Crippen molar-refractivity contribution < 1.29 is 4.42 Å². The van der Waals surface area contributed by atoms with Crippen LogP contribution in [0.4, 0.5) is 0 Å². The molecule has 0 atom stereocenters. The van der Waals surface area contributed by atoms with Crippen LogP contribution in [0.5, 0.6) is 0 Å². The highest BCUT2D eigenvalue weighted by Crippen LogP contribution is 2.08. The van der Waals surface area contributed by atoms with Crippen LogP contribution in [0.25, 0.3) is 0 Å². The summed E-state index contributed by atoms with van der Waals surface area (Å²) in [5, 5.41) is 0. The summed E-state index contributed by atoms with van der Waals surface area (Å²) < 4.78 is 6.81. The third-order valence-electron chi connectivity index (χ3n) is 2.84. The molecule has 0 aromatic carbocycles. The molecule has 0 aliphatic carbocycles. The summed E-state index contributed by atoms with van der Waals surface area (Å²) in [6.45, 7) is 5.74. The fourth-order valence-corrected chi connectivity index (χ4v) is 1.68. The highest BCUT2D eigenvalue weighted by Gasteiger charge is 2.09. The fourth-order valence-electron chi connectivity index (χ4n) is 1.68. The molecule has 6 nitrogen and oxygen atoms in total. The topological polar surface area (TPSA) is 80.9 Å². The number of oxazole rings is 1. The van der Waals surface area contributed by atoms with Crippen LogP contribution in [0.3, 0.4) is 0 Å². The Kier molecular flexibility index (Phi) is 3.18. The van der Waals surface area contributed by atoms with E-state index in [1.807, 2.05) is 20.8 Å². The number of hydrogen-bond donors (Lipinski definition) is 1. The van der Waals surface area contributed by atoms with Crippen LogP contribution in [0, 0.1) is 13.8 Å². The molecule has 1 N–H and O–H groups in total. The highest BCUT2D eigenvalue weighted by atomic mass is 16.4. The Labute approximate surface area is 103 Å². The third kappa shape index (κ3) is 2.27. The molecule has 0 aliphatic heterocycles. The molecule has 0 aliphatic rings. The molecule has 0 unspecified atom stereocenters. The lowest BCUT2D eigenvalue weighted by molar-refractivity contribution is 0.451. The molecule has 0 spiro atoms. The standard InChI is InChI=1S/C12H15N3O3/c1-4-9-5-15(12(17)14-11(9)16)6-10-13-7(2)8(3)18-10/h5H,4,6H2,1-3H3,(H,14,16,17). The SMILES string of the molecule is CCc1cn(Cc2nc(C)c(C)o2)c(=O)[nH]c1=O. The van der Waals surface area contributed by atoms with Crippen molar-refractivity contribution in [1.82, 2.24) is 14.5 Å². The third-order valence-corrected chi connectivity index (χ3v) is 2.84. The van der Waals surface area contributed by atoms with E-state index in [-0.39, 0.29) is 12.1 Å². The second-order valence-electron chi connectivity index (χ2n) is 4.14. The normalized spacial score (nSPS) is 10.8. The van der Waals surface area contributed by atoms with Gasteiger partial charge in [0.1, 0.15) is 12.3 Å². The van der Waals surface area contributed by atoms with E-state index in [2.05, 4.69) is 9.97 Å². The minimum Gasteiger partial charge on any atom is -0.444 e. The summed E-state index contributed by atoms with van der Waals surface area (Å²) in [4.78, 5) is 29.6. The molecule has 18 heavy (non-hydrogen) atoms. The molecule has 0 bridgehead atoms. The number of nitrogens with one attached hydrogen (secondary N) is 1. The molecule has 0 radical (unpaired) electrons. The van der Waals surface area contributed by atoms with Crippen LogP contribution in [-0.2, 0) is 13.0 Å². The summed E-state index contributed by atoms with van der Waals surface area (Å²) in [6, 6.07) is 0. The first-order valence-electron chi connectivity index (χ1n) is 5.76. The monoisotopic (exact) mass is 249 g/mol. The van der Waals surface area contributed by atoms with Gasteiger partial charge in [0.15, 0.2) is 0 Å². The van der Waals surface area contributed by atoms with Crippen molar-refractivity contribution >= 4 is 0 Å². The van der Waals surface area contributed by atoms with Crippen molar-refractivity contribution in [1.29, 1.82) is 0 Å². The molecule has 0 saturated heterocycles. The van der Waals surface area contributed by atoms with E-state index in [0.29, 0.717) is 17.9 Å². The van der Waals surface area contributed by atoms with E-state index in [9.17, 15) is 9.59 Å². The van der Waals surface area contributed by atoms with Crippen molar-refractivity contribution in [2.75, 3.05) is 0 Å². The van der Waals surface area contributed by atoms with Gasteiger partial charge in [-0.15, -0.1) is 0 Å². The van der Waals surface area contributed by atoms with Gasteiger partial charge < -0.3 is 4.42 Å². The maximum absolute atomic E-state index is 11.6. The van der Waals surface area contributed by atoms with Crippen LogP contribution in [0.2, 0.25) is 0 Å². The smallest absolute Gasteiger partial charge is 0.328 e. The molecular formula is C12H15N3O3. The molecule has 0 amide bonds.